The standard InChI is InChI=1S/C24H24N6O4S/c1-2-28-14-25-21-20(28)23(33)30(24(34)29(21)12-15-7-4-3-5-8-15)13-19(31)26-27-22(32)18-11-16-9-6-10-17(16)35-18/h3-5,7-8,11,14H,2,6,9-10,12-13H2,1H3,(H,26,31)(H,27,32). The third-order valence-electron chi connectivity index (χ3n) is 6.10. The number of carbonyl (C=O) groups excluding carboxylic acids is 2. The minimum absolute atomic E-state index is 0.193. The first-order chi connectivity index (χ1) is 17.0. The van der Waals surface area contributed by atoms with E-state index >= 15 is 0 Å². The van der Waals surface area contributed by atoms with E-state index in [1.807, 2.05) is 43.3 Å². The Morgan fingerprint density at radius 1 is 1.09 bits per heavy atom. The Morgan fingerprint density at radius 2 is 1.89 bits per heavy atom. The van der Waals surface area contributed by atoms with E-state index in [9.17, 15) is 19.2 Å². The fourth-order valence-corrected chi connectivity index (χ4v) is 5.49. The van der Waals surface area contributed by atoms with Gasteiger partial charge in [0.2, 0.25) is 0 Å². The molecule has 10 nitrogen and oxygen atoms in total. The van der Waals surface area contributed by atoms with Crippen LogP contribution in [0.15, 0.2) is 52.3 Å². The van der Waals surface area contributed by atoms with E-state index in [1.165, 1.54) is 32.7 Å². The number of hydrogen-bond acceptors (Lipinski definition) is 6. The Morgan fingerprint density at radius 3 is 2.63 bits per heavy atom. The van der Waals surface area contributed by atoms with Crippen molar-refractivity contribution in [2.24, 2.45) is 0 Å². The highest BCUT2D eigenvalue weighted by atomic mass is 32.1. The van der Waals surface area contributed by atoms with Crippen molar-refractivity contribution in [1.29, 1.82) is 0 Å². The van der Waals surface area contributed by atoms with Crippen LogP contribution in [0.25, 0.3) is 11.2 Å². The lowest BCUT2D eigenvalue weighted by Gasteiger charge is -2.13. The minimum atomic E-state index is -0.685. The van der Waals surface area contributed by atoms with Gasteiger partial charge >= 0.3 is 5.69 Å². The highest BCUT2D eigenvalue weighted by molar-refractivity contribution is 7.14. The number of imidazole rings is 1. The van der Waals surface area contributed by atoms with Gasteiger partial charge in [-0.05, 0) is 43.4 Å². The molecule has 0 unspecified atom stereocenters. The van der Waals surface area contributed by atoms with Gasteiger partial charge in [-0.15, -0.1) is 11.3 Å². The van der Waals surface area contributed by atoms with E-state index < -0.39 is 29.6 Å². The maximum Gasteiger partial charge on any atom is 0.333 e. The number of hydrazine groups is 1. The number of benzene rings is 1. The fourth-order valence-electron chi connectivity index (χ4n) is 4.34. The summed E-state index contributed by atoms with van der Waals surface area (Å²) in [6.07, 6.45) is 4.53. The number of aromatic nitrogens is 4. The molecule has 180 valence electrons. The molecule has 4 aromatic rings. The molecule has 2 N–H and O–H groups in total. The summed E-state index contributed by atoms with van der Waals surface area (Å²) in [4.78, 5) is 57.6. The number of hydrogen-bond donors (Lipinski definition) is 2. The zero-order chi connectivity index (χ0) is 24.5. The van der Waals surface area contributed by atoms with Crippen molar-refractivity contribution in [1.82, 2.24) is 29.5 Å². The molecule has 3 aromatic heterocycles. The number of carbonyl (C=O) groups is 2. The van der Waals surface area contributed by atoms with E-state index in [2.05, 4.69) is 15.8 Å². The van der Waals surface area contributed by atoms with Crippen LogP contribution in [0.1, 0.15) is 39.0 Å². The first-order valence-electron chi connectivity index (χ1n) is 11.4. The van der Waals surface area contributed by atoms with E-state index in [4.69, 9.17) is 0 Å². The lowest BCUT2D eigenvalue weighted by molar-refractivity contribution is -0.122. The van der Waals surface area contributed by atoms with Gasteiger partial charge in [-0.25, -0.2) is 14.3 Å². The second kappa shape index (κ2) is 9.34. The lowest BCUT2D eigenvalue weighted by Crippen LogP contribution is -2.48. The third kappa shape index (κ3) is 4.30. The number of thiophene rings is 1. The molecule has 1 aliphatic rings. The lowest BCUT2D eigenvalue weighted by atomic mass is 10.2. The molecule has 0 saturated heterocycles. The van der Waals surface area contributed by atoms with Gasteiger partial charge in [0, 0.05) is 11.4 Å². The Kier molecular flexibility index (Phi) is 6.08. The molecule has 0 radical (unpaired) electrons. The molecule has 0 atom stereocenters. The number of aryl methyl sites for hydroxylation is 3. The molecule has 2 amide bonds. The molecule has 35 heavy (non-hydrogen) atoms. The molecule has 0 fully saturated rings. The van der Waals surface area contributed by atoms with Crippen LogP contribution in [0.5, 0.6) is 0 Å². The molecule has 5 rings (SSSR count). The van der Waals surface area contributed by atoms with Crippen LogP contribution in [0.2, 0.25) is 0 Å². The number of rotatable bonds is 6. The number of nitrogens with zero attached hydrogens (tertiary/aromatic N) is 4. The predicted molar refractivity (Wildman–Crippen MR) is 131 cm³/mol. The van der Waals surface area contributed by atoms with E-state index in [0.29, 0.717) is 11.4 Å². The molecular weight excluding hydrogens is 468 g/mol. The molecule has 0 aliphatic heterocycles. The zero-order valence-corrected chi connectivity index (χ0v) is 19.9. The second-order valence-corrected chi connectivity index (χ2v) is 9.50. The van der Waals surface area contributed by atoms with Gasteiger partial charge in [0.25, 0.3) is 17.4 Å². The molecule has 0 spiro atoms. The van der Waals surface area contributed by atoms with Crippen LogP contribution < -0.4 is 22.1 Å². The van der Waals surface area contributed by atoms with Crippen LogP contribution in [-0.2, 0) is 37.3 Å². The van der Waals surface area contributed by atoms with Crippen LogP contribution in [-0.4, -0.2) is 30.5 Å². The Labute approximate surface area is 203 Å². The monoisotopic (exact) mass is 492 g/mol. The SMILES string of the molecule is CCn1cnc2c1c(=O)n(CC(=O)NNC(=O)c1cc3c(s1)CCC3)c(=O)n2Cc1ccccc1. The Hall–Kier alpha value is -3.99. The average molecular weight is 493 g/mol. The van der Waals surface area contributed by atoms with Gasteiger partial charge in [0.1, 0.15) is 6.54 Å². The highest BCUT2D eigenvalue weighted by Crippen LogP contribution is 2.30. The molecule has 1 aliphatic carbocycles. The summed E-state index contributed by atoms with van der Waals surface area (Å²) in [5, 5.41) is 0. The molecule has 11 heteroatoms. The maximum absolute atomic E-state index is 13.3. The number of fused-ring (bicyclic) bond motifs is 2. The van der Waals surface area contributed by atoms with Crippen LogP contribution >= 0.6 is 11.3 Å². The Bertz CT molecular complexity index is 1520. The predicted octanol–water partition coefficient (Wildman–Crippen LogP) is 1.44. The quantitative estimate of drug-likeness (QED) is 0.395. The van der Waals surface area contributed by atoms with Crippen molar-refractivity contribution in [3.05, 3.63) is 84.4 Å². The van der Waals surface area contributed by atoms with Crippen molar-refractivity contribution in [2.45, 2.75) is 45.8 Å². The smallest absolute Gasteiger partial charge is 0.325 e. The van der Waals surface area contributed by atoms with Crippen molar-refractivity contribution >= 4 is 34.3 Å². The summed E-state index contributed by atoms with van der Waals surface area (Å²) in [7, 11) is 0. The van der Waals surface area contributed by atoms with Gasteiger partial charge < -0.3 is 4.57 Å². The zero-order valence-electron chi connectivity index (χ0n) is 19.1. The molecule has 3 heterocycles. The van der Waals surface area contributed by atoms with Crippen molar-refractivity contribution in [2.75, 3.05) is 0 Å². The topological polar surface area (TPSA) is 120 Å². The normalized spacial score (nSPS) is 12.6. The summed E-state index contributed by atoms with van der Waals surface area (Å²) in [5.41, 5.74) is 6.00. The number of amides is 2. The van der Waals surface area contributed by atoms with Crippen molar-refractivity contribution in [3.8, 4) is 0 Å². The summed E-state index contributed by atoms with van der Waals surface area (Å²) in [5.74, 6) is -1.11. The molecule has 0 bridgehead atoms. The largest absolute Gasteiger partial charge is 0.333 e. The highest BCUT2D eigenvalue weighted by Gasteiger charge is 2.21. The van der Waals surface area contributed by atoms with Crippen LogP contribution in [0, 0.1) is 0 Å². The fraction of sp³-hybridized carbons (Fsp3) is 0.292. The minimum Gasteiger partial charge on any atom is -0.325 e. The van der Waals surface area contributed by atoms with Gasteiger partial charge in [0.05, 0.1) is 17.7 Å². The van der Waals surface area contributed by atoms with Crippen LogP contribution in [0.3, 0.4) is 0 Å². The van der Waals surface area contributed by atoms with E-state index in [0.717, 1.165) is 29.4 Å². The second-order valence-electron chi connectivity index (χ2n) is 8.36. The van der Waals surface area contributed by atoms with Gasteiger partial charge in [-0.3, -0.25) is 29.8 Å². The van der Waals surface area contributed by atoms with Gasteiger partial charge in [-0.2, -0.15) is 0 Å². The number of nitrogens with one attached hydrogen (secondary N) is 2. The summed E-state index contributed by atoms with van der Waals surface area (Å²) < 4.78 is 3.91. The summed E-state index contributed by atoms with van der Waals surface area (Å²) in [6.45, 7) is 1.99. The average Bonchev–Trinajstić information content (AvgIpc) is 3.58. The van der Waals surface area contributed by atoms with Gasteiger partial charge in [0.15, 0.2) is 11.2 Å². The van der Waals surface area contributed by atoms with E-state index in [-0.39, 0.29) is 17.7 Å². The molecule has 1 aromatic carbocycles. The van der Waals surface area contributed by atoms with Gasteiger partial charge in [-0.1, -0.05) is 30.3 Å². The van der Waals surface area contributed by atoms with Crippen LogP contribution in [0.4, 0.5) is 0 Å². The molecule has 0 saturated carbocycles. The van der Waals surface area contributed by atoms with Crippen molar-refractivity contribution < 1.29 is 9.59 Å². The van der Waals surface area contributed by atoms with E-state index in [1.54, 1.807) is 4.57 Å². The third-order valence-corrected chi connectivity index (χ3v) is 7.33. The van der Waals surface area contributed by atoms with Crippen molar-refractivity contribution in [3.63, 3.8) is 0 Å². The summed E-state index contributed by atoms with van der Waals surface area (Å²) in [6, 6.07) is 11.2. The summed E-state index contributed by atoms with van der Waals surface area (Å²) >= 11 is 1.42. The first-order valence-corrected chi connectivity index (χ1v) is 12.2. The first kappa shape index (κ1) is 22.8. The Balaban J connectivity index is 1.40. The molecular formula is C24H24N6O4S. The maximum atomic E-state index is 13.3.